The van der Waals surface area contributed by atoms with Crippen molar-refractivity contribution in [3.8, 4) is 0 Å². The molecule has 0 aliphatic rings. The van der Waals surface area contributed by atoms with E-state index < -0.39 is 26.5 Å². The summed E-state index contributed by atoms with van der Waals surface area (Å²) in [5.41, 5.74) is 5.33. The maximum absolute atomic E-state index is 12.5. The number of phosphoric ester groups is 1. The third-order valence-electron chi connectivity index (χ3n) is 8.65. The summed E-state index contributed by atoms with van der Waals surface area (Å²) in [7, 11) is -4.37. The number of esters is 2. The highest BCUT2D eigenvalue weighted by atomic mass is 31.2. The highest BCUT2D eigenvalue weighted by molar-refractivity contribution is 7.47. The van der Waals surface area contributed by atoms with Gasteiger partial charge in [-0.15, -0.1) is 0 Å². The van der Waals surface area contributed by atoms with E-state index in [1.54, 1.807) is 0 Å². The number of phosphoric acid groups is 1. The molecule has 0 amide bonds. The van der Waals surface area contributed by atoms with Crippen molar-refractivity contribution in [2.45, 2.75) is 200 Å². The Bertz CT molecular complexity index is 825. The average molecular weight is 718 g/mol. The third-order valence-corrected chi connectivity index (χ3v) is 9.64. The zero-order valence-corrected chi connectivity index (χ0v) is 32.6. The van der Waals surface area contributed by atoms with Crippen LogP contribution >= 0.6 is 7.82 Å². The van der Waals surface area contributed by atoms with Gasteiger partial charge in [0.1, 0.15) is 6.61 Å². The van der Waals surface area contributed by atoms with E-state index in [0.717, 1.165) is 51.4 Å². The molecular weight excluding hydrogens is 641 g/mol. The first-order valence-corrected chi connectivity index (χ1v) is 21.7. The van der Waals surface area contributed by atoms with Crippen molar-refractivity contribution >= 4 is 19.8 Å². The molecule has 0 saturated carbocycles. The fourth-order valence-corrected chi connectivity index (χ4v) is 6.39. The molecule has 0 fully saturated rings. The number of carbonyl (C=O) groups excluding carboxylic acids is 2. The van der Waals surface area contributed by atoms with Crippen LogP contribution in [0.15, 0.2) is 12.2 Å². The van der Waals surface area contributed by atoms with Gasteiger partial charge < -0.3 is 20.1 Å². The smallest absolute Gasteiger partial charge is 0.462 e. The second-order valence-corrected chi connectivity index (χ2v) is 15.0. The van der Waals surface area contributed by atoms with E-state index in [1.165, 1.54) is 109 Å². The summed E-state index contributed by atoms with van der Waals surface area (Å²) in [6.07, 6.45) is 35.2. The van der Waals surface area contributed by atoms with E-state index in [-0.39, 0.29) is 38.6 Å². The molecule has 0 radical (unpaired) electrons. The molecule has 3 N–H and O–H groups in total. The van der Waals surface area contributed by atoms with E-state index in [2.05, 4.69) is 26.0 Å². The SMILES string of the molecule is CCCCCCC=CCCCCCCCC(=O)OCC(COP(=O)(O)OCCN)OC(=O)CCCCCCCCCCCCCCCCC. The van der Waals surface area contributed by atoms with Crippen molar-refractivity contribution in [2.75, 3.05) is 26.4 Å². The Balaban J connectivity index is 4.18. The van der Waals surface area contributed by atoms with E-state index in [4.69, 9.17) is 24.3 Å². The molecule has 2 unspecified atom stereocenters. The van der Waals surface area contributed by atoms with Crippen LogP contribution in [-0.4, -0.2) is 49.3 Å². The molecular formula is C39H76NO8P. The number of carbonyl (C=O) groups is 2. The monoisotopic (exact) mass is 718 g/mol. The molecule has 290 valence electrons. The molecule has 0 aliphatic heterocycles. The van der Waals surface area contributed by atoms with Gasteiger partial charge >= 0.3 is 19.8 Å². The predicted molar refractivity (Wildman–Crippen MR) is 201 cm³/mol. The fraction of sp³-hybridized carbons (Fsp3) is 0.897. The Morgan fingerprint density at radius 3 is 1.47 bits per heavy atom. The van der Waals surface area contributed by atoms with Gasteiger partial charge in [-0.05, 0) is 38.5 Å². The van der Waals surface area contributed by atoms with Crippen molar-refractivity contribution < 1.29 is 37.6 Å². The standard InChI is InChI=1S/C39H76NO8P/c1-3-5-7-9-11-13-15-17-18-20-22-24-26-28-30-32-39(42)48-37(36-47-49(43,44)46-34-33-40)35-45-38(41)31-29-27-25-23-21-19-16-14-12-10-8-6-4-2/h14,16,37H,3-13,15,17-36,40H2,1-2H3,(H,43,44). The van der Waals surface area contributed by atoms with Gasteiger partial charge in [0.2, 0.25) is 0 Å². The lowest BCUT2D eigenvalue weighted by Crippen LogP contribution is -2.29. The molecule has 49 heavy (non-hydrogen) atoms. The largest absolute Gasteiger partial charge is 0.472 e. The van der Waals surface area contributed by atoms with Crippen LogP contribution in [0.25, 0.3) is 0 Å². The number of ether oxygens (including phenoxy) is 2. The summed E-state index contributed by atoms with van der Waals surface area (Å²) in [6, 6.07) is 0. The molecule has 2 atom stereocenters. The second kappa shape index (κ2) is 36.5. The lowest BCUT2D eigenvalue weighted by molar-refractivity contribution is -0.161. The molecule has 0 saturated heterocycles. The van der Waals surface area contributed by atoms with Gasteiger partial charge in [0.15, 0.2) is 6.10 Å². The number of allylic oxidation sites excluding steroid dienone is 2. The van der Waals surface area contributed by atoms with Gasteiger partial charge in [-0.3, -0.25) is 18.6 Å². The van der Waals surface area contributed by atoms with Gasteiger partial charge in [0, 0.05) is 19.4 Å². The minimum Gasteiger partial charge on any atom is -0.462 e. The number of rotatable bonds is 38. The van der Waals surface area contributed by atoms with Crippen molar-refractivity contribution in [3.63, 3.8) is 0 Å². The summed E-state index contributed by atoms with van der Waals surface area (Å²) in [4.78, 5) is 34.7. The minimum absolute atomic E-state index is 0.0550. The molecule has 0 spiro atoms. The maximum atomic E-state index is 12.5. The van der Waals surface area contributed by atoms with E-state index in [0.29, 0.717) is 6.42 Å². The van der Waals surface area contributed by atoms with Crippen LogP contribution in [0.2, 0.25) is 0 Å². The van der Waals surface area contributed by atoms with Gasteiger partial charge in [0.05, 0.1) is 13.2 Å². The Hall–Kier alpha value is -1.25. The maximum Gasteiger partial charge on any atom is 0.472 e. The fourth-order valence-electron chi connectivity index (χ4n) is 5.63. The van der Waals surface area contributed by atoms with Crippen LogP contribution in [0.5, 0.6) is 0 Å². The van der Waals surface area contributed by atoms with Crippen LogP contribution in [0.3, 0.4) is 0 Å². The quantitative estimate of drug-likeness (QED) is 0.0277. The number of unbranched alkanes of at least 4 members (excludes halogenated alkanes) is 23. The average Bonchev–Trinajstić information content (AvgIpc) is 3.08. The zero-order chi connectivity index (χ0) is 36.1. The minimum atomic E-state index is -4.37. The van der Waals surface area contributed by atoms with E-state index in [9.17, 15) is 19.0 Å². The van der Waals surface area contributed by atoms with Crippen LogP contribution in [0.1, 0.15) is 194 Å². The zero-order valence-electron chi connectivity index (χ0n) is 31.7. The number of nitrogens with two attached hydrogens (primary N) is 1. The van der Waals surface area contributed by atoms with Crippen LogP contribution in [0.4, 0.5) is 0 Å². The predicted octanol–water partition coefficient (Wildman–Crippen LogP) is 11.1. The Labute approximate surface area is 300 Å². The van der Waals surface area contributed by atoms with Gasteiger partial charge in [-0.1, -0.05) is 154 Å². The first-order chi connectivity index (χ1) is 23.8. The van der Waals surface area contributed by atoms with Crippen LogP contribution in [0, 0.1) is 0 Å². The van der Waals surface area contributed by atoms with Crippen LogP contribution in [-0.2, 0) is 32.7 Å². The first kappa shape index (κ1) is 47.8. The molecule has 0 aromatic rings. The Morgan fingerprint density at radius 2 is 1.00 bits per heavy atom. The van der Waals surface area contributed by atoms with Crippen molar-refractivity contribution in [1.29, 1.82) is 0 Å². The molecule has 0 aromatic carbocycles. The first-order valence-electron chi connectivity index (χ1n) is 20.2. The van der Waals surface area contributed by atoms with Gasteiger partial charge in [-0.2, -0.15) is 0 Å². The molecule has 0 aliphatic carbocycles. The third kappa shape index (κ3) is 36.3. The summed E-state index contributed by atoms with van der Waals surface area (Å²) in [5, 5.41) is 0. The molecule has 0 rings (SSSR count). The molecule has 0 bridgehead atoms. The summed E-state index contributed by atoms with van der Waals surface area (Å²) in [5.74, 6) is -0.831. The van der Waals surface area contributed by atoms with Crippen molar-refractivity contribution in [2.24, 2.45) is 5.73 Å². The molecule has 9 nitrogen and oxygen atoms in total. The van der Waals surface area contributed by atoms with Crippen molar-refractivity contribution in [1.82, 2.24) is 0 Å². The lowest BCUT2D eigenvalue weighted by atomic mass is 10.0. The topological polar surface area (TPSA) is 134 Å². The molecule has 10 heteroatoms. The second-order valence-electron chi connectivity index (χ2n) is 13.5. The van der Waals surface area contributed by atoms with Gasteiger partial charge in [0.25, 0.3) is 0 Å². The lowest BCUT2D eigenvalue weighted by Gasteiger charge is -2.19. The highest BCUT2D eigenvalue weighted by Crippen LogP contribution is 2.43. The summed E-state index contributed by atoms with van der Waals surface area (Å²) >= 11 is 0. The summed E-state index contributed by atoms with van der Waals surface area (Å²) in [6.45, 7) is 3.72. The van der Waals surface area contributed by atoms with Crippen LogP contribution < -0.4 is 5.73 Å². The number of hydrogen-bond donors (Lipinski definition) is 2. The molecule has 0 aromatic heterocycles. The normalized spacial score (nSPS) is 13.5. The van der Waals surface area contributed by atoms with Crippen molar-refractivity contribution in [3.05, 3.63) is 12.2 Å². The van der Waals surface area contributed by atoms with E-state index >= 15 is 0 Å². The Kier molecular flexibility index (Phi) is 35.6. The van der Waals surface area contributed by atoms with Gasteiger partial charge in [-0.25, -0.2) is 4.57 Å². The Morgan fingerprint density at radius 1 is 0.592 bits per heavy atom. The highest BCUT2D eigenvalue weighted by Gasteiger charge is 2.26. The summed E-state index contributed by atoms with van der Waals surface area (Å²) < 4.78 is 32.7. The molecule has 0 heterocycles. The number of hydrogen-bond acceptors (Lipinski definition) is 8. The van der Waals surface area contributed by atoms with E-state index in [1.807, 2.05) is 0 Å².